The predicted molar refractivity (Wildman–Crippen MR) is 141 cm³/mol. The van der Waals surface area contributed by atoms with Crippen LogP contribution in [0.4, 0.5) is 9.39 Å². The monoisotopic (exact) mass is 534 g/mol. The largest absolute Gasteiger partial charge is 0.465 e. The standard InChI is InChI=1S/C26H35FN4O5S/c1-6-18(16-7-9-17(27)10-8-16)22(32)31-25-20(26(35)36-5)15(4)21(37-25)24(34)30-12-11-29-23(33)19(28)13-14(2)3/h7-10,14,18-19H,6,11-13,28H2,1-5H3,(H,29,33)(H,30,34)(H,31,32). The van der Waals surface area contributed by atoms with Crippen molar-refractivity contribution in [1.29, 1.82) is 0 Å². The zero-order chi connectivity index (χ0) is 27.7. The van der Waals surface area contributed by atoms with Gasteiger partial charge >= 0.3 is 5.97 Å². The van der Waals surface area contributed by atoms with Crippen LogP contribution in [0.25, 0.3) is 0 Å². The molecule has 0 radical (unpaired) electrons. The summed E-state index contributed by atoms with van der Waals surface area (Å²) in [7, 11) is 1.21. The number of methoxy groups -OCH3 is 1. The van der Waals surface area contributed by atoms with E-state index in [-0.39, 0.29) is 40.4 Å². The average Bonchev–Trinajstić information content (AvgIpc) is 3.17. The summed E-state index contributed by atoms with van der Waals surface area (Å²) in [6, 6.07) is 5.02. The van der Waals surface area contributed by atoms with Gasteiger partial charge in [0.25, 0.3) is 5.91 Å². The van der Waals surface area contributed by atoms with Gasteiger partial charge in [0.1, 0.15) is 10.8 Å². The second kappa shape index (κ2) is 13.8. The molecule has 1 heterocycles. The van der Waals surface area contributed by atoms with E-state index in [1.54, 1.807) is 6.92 Å². The maximum atomic E-state index is 13.3. The first-order valence-corrected chi connectivity index (χ1v) is 12.9. The lowest BCUT2D eigenvalue weighted by Gasteiger charge is -2.15. The molecule has 2 aromatic rings. The molecular formula is C26H35FN4O5S. The zero-order valence-electron chi connectivity index (χ0n) is 21.8. The molecule has 1 aromatic carbocycles. The summed E-state index contributed by atoms with van der Waals surface area (Å²) in [5.41, 5.74) is 6.94. The highest BCUT2D eigenvalue weighted by Gasteiger charge is 2.28. The number of hydrogen-bond donors (Lipinski definition) is 4. The first kappa shape index (κ1) is 29.9. The first-order valence-electron chi connectivity index (χ1n) is 12.1. The molecule has 37 heavy (non-hydrogen) atoms. The molecule has 2 unspecified atom stereocenters. The molecule has 2 atom stereocenters. The van der Waals surface area contributed by atoms with Crippen LogP contribution in [0.2, 0.25) is 0 Å². The third-order valence-electron chi connectivity index (χ3n) is 5.75. The number of halogens is 1. The molecular weight excluding hydrogens is 499 g/mol. The van der Waals surface area contributed by atoms with E-state index in [0.29, 0.717) is 24.0 Å². The highest BCUT2D eigenvalue weighted by Crippen LogP contribution is 2.35. The Labute approximate surface area is 220 Å². The topological polar surface area (TPSA) is 140 Å². The van der Waals surface area contributed by atoms with Crippen LogP contribution in [-0.4, -0.2) is 49.9 Å². The Morgan fingerprint density at radius 3 is 2.24 bits per heavy atom. The van der Waals surface area contributed by atoms with Gasteiger partial charge in [0.05, 0.1) is 29.5 Å². The number of carbonyl (C=O) groups excluding carboxylic acids is 4. The maximum Gasteiger partial charge on any atom is 0.341 e. The minimum absolute atomic E-state index is 0.0907. The van der Waals surface area contributed by atoms with Crippen LogP contribution in [0.3, 0.4) is 0 Å². The molecule has 3 amide bonds. The Hall–Kier alpha value is -3.31. The van der Waals surface area contributed by atoms with E-state index >= 15 is 0 Å². The van der Waals surface area contributed by atoms with Gasteiger partial charge < -0.3 is 26.4 Å². The molecule has 0 saturated carbocycles. The fourth-order valence-electron chi connectivity index (χ4n) is 3.82. The number of nitrogens with one attached hydrogen (secondary N) is 3. The van der Waals surface area contributed by atoms with Gasteiger partial charge in [0, 0.05) is 13.1 Å². The smallest absolute Gasteiger partial charge is 0.341 e. The molecule has 1 aromatic heterocycles. The fourth-order valence-corrected chi connectivity index (χ4v) is 4.93. The second-order valence-corrected chi connectivity index (χ2v) is 10.1. The van der Waals surface area contributed by atoms with Crippen molar-refractivity contribution in [3.05, 3.63) is 51.7 Å². The number of carbonyl (C=O) groups is 4. The number of thiophene rings is 1. The lowest BCUT2D eigenvalue weighted by atomic mass is 9.95. The number of ether oxygens (including phenoxy) is 1. The first-order chi connectivity index (χ1) is 17.5. The van der Waals surface area contributed by atoms with Crippen LogP contribution in [0.15, 0.2) is 24.3 Å². The minimum Gasteiger partial charge on any atom is -0.465 e. The van der Waals surface area contributed by atoms with Crippen LogP contribution >= 0.6 is 11.3 Å². The molecule has 0 spiro atoms. The summed E-state index contributed by atoms with van der Waals surface area (Å²) in [4.78, 5) is 50.7. The van der Waals surface area contributed by atoms with Crippen LogP contribution in [0, 0.1) is 18.7 Å². The van der Waals surface area contributed by atoms with Gasteiger partial charge in [-0.15, -0.1) is 11.3 Å². The Bertz CT molecular complexity index is 1120. The number of esters is 1. The molecule has 0 fully saturated rings. The quantitative estimate of drug-likeness (QED) is 0.243. The number of hydrogen-bond acceptors (Lipinski definition) is 7. The van der Waals surface area contributed by atoms with E-state index in [1.807, 2.05) is 20.8 Å². The summed E-state index contributed by atoms with van der Waals surface area (Å²) in [5.74, 6) is -2.55. The summed E-state index contributed by atoms with van der Waals surface area (Å²) < 4.78 is 18.2. The van der Waals surface area contributed by atoms with Crippen molar-refractivity contribution in [2.45, 2.75) is 52.5 Å². The minimum atomic E-state index is -0.690. The van der Waals surface area contributed by atoms with Crippen LogP contribution < -0.4 is 21.7 Å². The van der Waals surface area contributed by atoms with Crippen molar-refractivity contribution in [2.75, 3.05) is 25.5 Å². The molecule has 202 valence electrons. The van der Waals surface area contributed by atoms with Gasteiger partial charge in [-0.2, -0.15) is 0 Å². The zero-order valence-corrected chi connectivity index (χ0v) is 22.6. The van der Waals surface area contributed by atoms with E-state index in [2.05, 4.69) is 16.0 Å². The number of rotatable bonds is 12. The van der Waals surface area contributed by atoms with Crippen LogP contribution in [0.1, 0.15) is 70.7 Å². The van der Waals surface area contributed by atoms with Crippen molar-refractivity contribution in [2.24, 2.45) is 11.7 Å². The average molecular weight is 535 g/mol. The molecule has 2 rings (SSSR count). The van der Waals surface area contributed by atoms with E-state index in [4.69, 9.17) is 10.5 Å². The summed E-state index contributed by atoms with van der Waals surface area (Å²) >= 11 is 0.956. The lowest BCUT2D eigenvalue weighted by molar-refractivity contribution is -0.122. The number of nitrogens with two attached hydrogens (primary N) is 1. The molecule has 0 aliphatic rings. The number of anilines is 1. The highest BCUT2D eigenvalue weighted by molar-refractivity contribution is 7.18. The van der Waals surface area contributed by atoms with Gasteiger partial charge in [-0.05, 0) is 48.9 Å². The van der Waals surface area contributed by atoms with Gasteiger partial charge in [0.15, 0.2) is 0 Å². The normalized spacial score (nSPS) is 12.5. The van der Waals surface area contributed by atoms with Crippen molar-refractivity contribution in [3.63, 3.8) is 0 Å². The lowest BCUT2D eigenvalue weighted by Crippen LogP contribution is -2.44. The third kappa shape index (κ3) is 8.09. The second-order valence-electron chi connectivity index (χ2n) is 9.04. The van der Waals surface area contributed by atoms with Crippen LogP contribution in [-0.2, 0) is 14.3 Å². The maximum absolute atomic E-state index is 13.3. The van der Waals surface area contributed by atoms with E-state index in [0.717, 1.165) is 11.3 Å². The molecule has 9 nitrogen and oxygen atoms in total. The SMILES string of the molecule is CCC(C(=O)Nc1sc(C(=O)NCCNC(=O)C(N)CC(C)C)c(C)c1C(=O)OC)c1ccc(F)cc1. The van der Waals surface area contributed by atoms with Gasteiger partial charge in [-0.1, -0.05) is 32.9 Å². The summed E-state index contributed by atoms with van der Waals surface area (Å²) in [6.45, 7) is 7.69. The van der Waals surface area contributed by atoms with Crippen LogP contribution in [0.5, 0.6) is 0 Å². The molecule has 0 bridgehead atoms. The highest BCUT2D eigenvalue weighted by atomic mass is 32.1. The van der Waals surface area contributed by atoms with Crippen molar-refractivity contribution >= 4 is 40.0 Å². The van der Waals surface area contributed by atoms with Crippen molar-refractivity contribution in [3.8, 4) is 0 Å². The van der Waals surface area contributed by atoms with E-state index < -0.39 is 35.6 Å². The number of benzene rings is 1. The van der Waals surface area contributed by atoms with E-state index in [1.165, 1.54) is 31.4 Å². The van der Waals surface area contributed by atoms with E-state index in [9.17, 15) is 23.6 Å². The summed E-state index contributed by atoms with van der Waals surface area (Å²) in [6.07, 6.45) is 0.993. The molecule has 11 heteroatoms. The third-order valence-corrected chi connectivity index (χ3v) is 6.95. The van der Waals surface area contributed by atoms with Crippen molar-refractivity contribution in [1.82, 2.24) is 10.6 Å². The van der Waals surface area contributed by atoms with Gasteiger partial charge in [-0.25, -0.2) is 9.18 Å². The molecule has 0 aliphatic heterocycles. The predicted octanol–water partition coefficient (Wildman–Crippen LogP) is 3.33. The fraction of sp³-hybridized carbons (Fsp3) is 0.462. The van der Waals surface area contributed by atoms with Gasteiger partial charge in [-0.3, -0.25) is 14.4 Å². The Kier molecular flexibility index (Phi) is 11.2. The van der Waals surface area contributed by atoms with Gasteiger partial charge in [0.2, 0.25) is 11.8 Å². The Morgan fingerprint density at radius 1 is 1.05 bits per heavy atom. The number of amides is 3. The molecule has 0 aliphatic carbocycles. The molecule has 5 N–H and O–H groups in total. The molecule has 0 saturated heterocycles. The summed E-state index contributed by atoms with van der Waals surface area (Å²) in [5, 5.41) is 8.33. The van der Waals surface area contributed by atoms with Crippen molar-refractivity contribution < 1.29 is 28.3 Å². The Morgan fingerprint density at radius 2 is 1.68 bits per heavy atom. The Balaban J connectivity index is 2.13.